The average molecular weight is 370 g/mol. The molecule has 1 heterocycles. The Labute approximate surface area is 140 Å². The van der Waals surface area contributed by atoms with Crippen LogP contribution in [0.15, 0.2) is 52.1 Å². The first kappa shape index (κ1) is 17.1. The van der Waals surface area contributed by atoms with Gasteiger partial charge in [0.05, 0.1) is 16.2 Å². The maximum absolute atomic E-state index is 12.5. The van der Waals surface area contributed by atoms with Gasteiger partial charge in [0.1, 0.15) is 16.3 Å². The van der Waals surface area contributed by atoms with E-state index in [2.05, 4.69) is 4.98 Å². The van der Waals surface area contributed by atoms with E-state index in [-0.39, 0.29) is 27.8 Å². The molecule has 3 rings (SSSR count). The first-order chi connectivity index (χ1) is 11.7. The molecular weight excluding hydrogens is 361 g/mol. The van der Waals surface area contributed by atoms with Crippen LogP contribution in [0, 0.1) is 10.1 Å². The summed E-state index contributed by atoms with van der Waals surface area (Å²) >= 11 is 0. The van der Waals surface area contributed by atoms with Crippen LogP contribution in [0.25, 0.3) is 11.1 Å². The van der Waals surface area contributed by atoms with E-state index in [0.29, 0.717) is 5.56 Å². The molecular formula is C15H9F3N2O4S. The van der Waals surface area contributed by atoms with E-state index in [1.54, 1.807) is 0 Å². The third-order valence-corrected chi connectivity index (χ3v) is 4.50. The summed E-state index contributed by atoms with van der Waals surface area (Å²) in [5, 5.41) is 10.6. The maximum Gasteiger partial charge on any atom is 0.416 e. The van der Waals surface area contributed by atoms with Gasteiger partial charge in [0, 0.05) is 12.1 Å². The Morgan fingerprint density at radius 1 is 1.16 bits per heavy atom. The van der Waals surface area contributed by atoms with Crippen LogP contribution in [0.4, 0.5) is 18.9 Å². The monoisotopic (exact) mass is 370 g/mol. The van der Waals surface area contributed by atoms with E-state index >= 15 is 0 Å². The fourth-order valence-corrected chi connectivity index (χ4v) is 3.11. The molecule has 0 amide bonds. The van der Waals surface area contributed by atoms with Crippen molar-refractivity contribution < 1.29 is 26.7 Å². The maximum atomic E-state index is 12.5. The van der Waals surface area contributed by atoms with Crippen LogP contribution in [0.2, 0.25) is 0 Å². The molecule has 0 aliphatic rings. The minimum Gasteiger partial charge on any atom is -0.430 e. The van der Waals surface area contributed by atoms with Gasteiger partial charge in [-0.25, -0.2) is 9.19 Å². The van der Waals surface area contributed by atoms with Crippen LogP contribution in [0.5, 0.6) is 0 Å². The number of aromatic nitrogens is 1. The molecule has 130 valence electrons. The predicted octanol–water partition coefficient (Wildman–Crippen LogP) is 4.06. The Bertz CT molecular complexity index is 967. The van der Waals surface area contributed by atoms with Gasteiger partial charge in [0.25, 0.3) is 10.9 Å². The highest BCUT2D eigenvalue weighted by Gasteiger charge is 2.30. The molecule has 0 fully saturated rings. The van der Waals surface area contributed by atoms with Gasteiger partial charge in [-0.1, -0.05) is 12.1 Å². The molecule has 2 aromatic carbocycles. The Morgan fingerprint density at radius 3 is 2.44 bits per heavy atom. The zero-order valence-electron chi connectivity index (χ0n) is 12.3. The highest BCUT2D eigenvalue weighted by atomic mass is 32.2. The number of hydrogen-bond donors (Lipinski definition) is 0. The second-order valence-electron chi connectivity index (χ2n) is 5.07. The Balaban J connectivity index is 1.81. The summed E-state index contributed by atoms with van der Waals surface area (Å²) in [7, 11) is -1.74. The first-order valence-electron chi connectivity index (χ1n) is 6.83. The largest absolute Gasteiger partial charge is 0.430 e. The summed E-state index contributed by atoms with van der Waals surface area (Å²) in [5.74, 6) is -0.0902. The number of hydrogen-bond acceptors (Lipinski definition) is 5. The van der Waals surface area contributed by atoms with Crippen LogP contribution in [0.3, 0.4) is 0 Å². The molecule has 0 radical (unpaired) electrons. The normalized spacial score (nSPS) is 13.1. The molecule has 0 aliphatic carbocycles. The molecule has 0 N–H and O–H groups in total. The molecule has 1 unspecified atom stereocenters. The lowest BCUT2D eigenvalue weighted by molar-refractivity contribution is -0.384. The Morgan fingerprint density at radius 2 is 1.84 bits per heavy atom. The number of rotatable bonds is 4. The lowest BCUT2D eigenvalue weighted by atomic mass is 10.1. The highest BCUT2D eigenvalue weighted by molar-refractivity contribution is 7.84. The molecule has 0 saturated carbocycles. The number of nitro benzene ring substituents is 1. The lowest BCUT2D eigenvalue weighted by Gasteiger charge is -2.06. The first-order valence-corrected chi connectivity index (χ1v) is 8.15. The number of benzene rings is 2. The van der Waals surface area contributed by atoms with Crippen LogP contribution >= 0.6 is 0 Å². The van der Waals surface area contributed by atoms with Crippen LogP contribution < -0.4 is 0 Å². The van der Waals surface area contributed by atoms with E-state index in [1.165, 1.54) is 30.3 Å². The molecule has 1 atom stereocenters. The van der Waals surface area contributed by atoms with Crippen molar-refractivity contribution >= 4 is 27.6 Å². The number of fused-ring (bicyclic) bond motifs is 1. The Hall–Kier alpha value is -2.75. The highest BCUT2D eigenvalue weighted by Crippen LogP contribution is 2.29. The second kappa shape index (κ2) is 6.28. The van der Waals surface area contributed by atoms with Gasteiger partial charge in [-0.2, -0.15) is 13.2 Å². The second-order valence-corrected chi connectivity index (χ2v) is 6.40. The van der Waals surface area contributed by atoms with E-state index in [0.717, 1.165) is 12.1 Å². The predicted molar refractivity (Wildman–Crippen MR) is 82.2 cm³/mol. The van der Waals surface area contributed by atoms with Crippen LogP contribution in [-0.4, -0.2) is 14.1 Å². The van der Waals surface area contributed by atoms with Gasteiger partial charge in [-0.15, -0.1) is 0 Å². The van der Waals surface area contributed by atoms with Crippen molar-refractivity contribution in [3.05, 3.63) is 63.7 Å². The smallest absolute Gasteiger partial charge is 0.416 e. The average Bonchev–Trinajstić information content (AvgIpc) is 2.97. The molecule has 25 heavy (non-hydrogen) atoms. The molecule has 1 aromatic heterocycles. The summed E-state index contributed by atoms with van der Waals surface area (Å²) in [6.07, 6.45) is -4.44. The molecule has 10 heteroatoms. The number of halogens is 3. The third kappa shape index (κ3) is 3.68. The van der Waals surface area contributed by atoms with E-state index in [1.807, 2.05) is 0 Å². The van der Waals surface area contributed by atoms with E-state index in [9.17, 15) is 27.5 Å². The summed E-state index contributed by atoms with van der Waals surface area (Å²) in [5.41, 5.74) is -0.136. The van der Waals surface area contributed by atoms with Crippen molar-refractivity contribution in [2.24, 2.45) is 0 Å². The van der Waals surface area contributed by atoms with E-state index in [4.69, 9.17) is 4.42 Å². The summed E-state index contributed by atoms with van der Waals surface area (Å²) in [6.45, 7) is 0. The molecule has 6 nitrogen and oxygen atoms in total. The quantitative estimate of drug-likeness (QED) is 0.511. The van der Waals surface area contributed by atoms with Gasteiger partial charge < -0.3 is 4.42 Å². The van der Waals surface area contributed by atoms with Gasteiger partial charge in [-0.3, -0.25) is 10.1 Å². The molecule has 0 bridgehead atoms. The Kier molecular flexibility index (Phi) is 4.29. The zero-order valence-corrected chi connectivity index (χ0v) is 13.1. The molecule has 0 spiro atoms. The topological polar surface area (TPSA) is 86.2 Å². The number of alkyl halides is 3. The van der Waals surface area contributed by atoms with Gasteiger partial charge in [0.2, 0.25) is 0 Å². The van der Waals surface area contributed by atoms with Crippen molar-refractivity contribution in [1.82, 2.24) is 4.98 Å². The lowest BCUT2D eigenvalue weighted by Crippen LogP contribution is -2.05. The van der Waals surface area contributed by atoms with Gasteiger partial charge in [-0.05, 0) is 23.8 Å². The van der Waals surface area contributed by atoms with Crippen molar-refractivity contribution in [2.45, 2.75) is 17.2 Å². The fraction of sp³-hybridized carbons (Fsp3) is 0.133. The van der Waals surface area contributed by atoms with Gasteiger partial charge in [0.15, 0.2) is 5.58 Å². The number of nitrogens with zero attached hydrogens (tertiary/aromatic N) is 2. The summed E-state index contributed by atoms with van der Waals surface area (Å²) < 4.78 is 55.1. The van der Waals surface area contributed by atoms with Crippen LogP contribution in [-0.2, 0) is 22.7 Å². The fourth-order valence-electron chi connectivity index (χ4n) is 2.11. The summed E-state index contributed by atoms with van der Waals surface area (Å²) in [6, 6.07) is 8.04. The van der Waals surface area contributed by atoms with Crippen molar-refractivity contribution in [1.29, 1.82) is 0 Å². The van der Waals surface area contributed by atoms with Crippen molar-refractivity contribution in [3.63, 3.8) is 0 Å². The third-order valence-electron chi connectivity index (χ3n) is 3.34. The van der Waals surface area contributed by atoms with Crippen molar-refractivity contribution in [3.8, 4) is 0 Å². The SMILES string of the molecule is O=[N+]([O-])c1ccc2oc(S(=O)Cc3ccc(C(F)(F)F)cc3)nc2c1. The van der Waals surface area contributed by atoms with E-state index < -0.39 is 27.5 Å². The number of non-ortho nitro benzene ring substituents is 1. The molecule has 3 aromatic rings. The number of oxazole rings is 1. The van der Waals surface area contributed by atoms with Gasteiger partial charge >= 0.3 is 6.18 Å². The zero-order chi connectivity index (χ0) is 18.2. The van der Waals surface area contributed by atoms with Crippen molar-refractivity contribution in [2.75, 3.05) is 0 Å². The minimum absolute atomic E-state index is 0.0902. The summed E-state index contributed by atoms with van der Waals surface area (Å²) in [4.78, 5) is 14.1. The standard InChI is InChI=1S/C15H9F3N2O4S/c16-15(17,18)10-3-1-9(2-4-10)8-25(23)14-19-12-7-11(20(21)22)5-6-13(12)24-14/h1-7H,8H2. The minimum atomic E-state index is -4.44. The molecule has 0 saturated heterocycles. The number of nitro groups is 1. The molecule has 0 aliphatic heterocycles. The van der Waals surface area contributed by atoms with Crippen LogP contribution in [0.1, 0.15) is 11.1 Å².